The van der Waals surface area contributed by atoms with Crippen LogP contribution < -0.4 is 5.32 Å². The minimum Gasteiger partial charge on any atom is -0.507 e. The molecule has 0 bridgehead atoms. The molecule has 0 amide bonds. The molecule has 6 nitrogen and oxygen atoms in total. The van der Waals surface area contributed by atoms with Crippen LogP contribution in [0.1, 0.15) is 10.4 Å². The summed E-state index contributed by atoms with van der Waals surface area (Å²) in [5, 5.41) is 22.4. The second-order valence-electron chi connectivity index (χ2n) is 2.91. The Morgan fingerprint density at radius 3 is 2.80 bits per heavy atom. The Kier molecular flexibility index (Phi) is 3.35. The van der Waals surface area contributed by atoms with Gasteiger partial charge in [0.2, 0.25) is 0 Å². The first kappa shape index (κ1) is 11.1. The topological polar surface area (TPSA) is 92.5 Å². The summed E-state index contributed by atoms with van der Waals surface area (Å²) in [5.41, 5.74) is -0.259. The Morgan fingerprint density at radius 2 is 2.27 bits per heavy atom. The number of ketones is 1. The van der Waals surface area contributed by atoms with E-state index in [1.807, 2.05) is 0 Å². The number of nitro benzene ring substituents is 1. The van der Waals surface area contributed by atoms with Crippen LogP contribution in [0.5, 0.6) is 5.75 Å². The van der Waals surface area contributed by atoms with Crippen molar-refractivity contribution in [2.75, 3.05) is 13.6 Å². The van der Waals surface area contributed by atoms with Gasteiger partial charge in [-0.3, -0.25) is 14.9 Å². The monoisotopic (exact) mass is 210 g/mol. The van der Waals surface area contributed by atoms with Crippen molar-refractivity contribution in [2.45, 2.75) is 0 Å². The van der Waals surface area contributed by atoms with E-state index >= 15 is 0 Å². The lowest BCUT2D eigenvalue weighted by molar-refractivity contribution is -0.384. The van der Waals surface area contributed by atoms with Crippen molar-refractivity contribution in [1.29, 1.82) is 0 Å². The van der Waals surface area contributed by atoms with Crippen LogP contribution in [0, 0.1) is 10.1 Å². The summed E-state index contributed by atoms with van der Waals surface area (Å²) in [7, 11) is 1.58. The molecule has 2 N–H and O–H groups in total. The molecular weight excluding hydrogens is 200 g/mol. The second kappa shape index (κ2) is 4.52. The number of phenols is 1. The zero-order chi connectivity index (χ0) is 11.4. The SMILES string of the molecule is CNCC(=O)c1cc([N+](=O)[O-])ccc1O. The molecule has 0 aromatic heterocycles. The number of hydrogen-bond acceptors (Lipinski definition) is 5. The standard InChI is InChI=1S/C9H10N2O4/c1-10-5-9(13)7-4-6(11(14)15)2-3-8(7)12/h2-4,10,12H,5H2,1H3. The lowest BCUT2D eigenvalue weighted by Crippen LogP contribution is -2.18. The number of carbonyl (C=O) groups excluding carboxylic acids is 1. The summed E-state index contributed by atoms with van der Waals surface area (Å²) in [6, 6.07) is 3.35. The van der Waals surface area contributed by atoms with E-state index in [0.29, 0.717) is 0 Å². The molecule has 0 saturated heterocycles. The minimum atomic E-state index is -0.615. The van der Waals surface area contributed by atoms with Crippen LogP contribution >= 0.6 is 0 Å². The number of aromatic hydroxyl groups is 1. The first-order valence-electron chi connectivity index (χ1n) is 4.21. The highest BCUT2D eigenvalue weighted by Crippen LogP contribution is 2.22. The molecule has 0 aliphatic carbocycles. The van der Waals surface area contributed by atoms with Crippen molar-refractivity contribution in [3.05, 3.63) is 33.9 Å². The number of nitrogens with zero attached hydrogens (tertiary/aromatic N) is 1. The number of phenolic OH excluding ortho intramolecular Hbond substituents is 1. The van der Waals surface area contributed by atoms with Gasteiger partial charge in [-0.05, 0) is 13.1 Å². The van der Waals surface area contributed by atoms with E-state index < -0.39 is 10.7 Å². The molecule has 0 aliphatic rings. The molecule has 1 aromatic rings. The summed E-state index contributed by atoms with van der Waals surface area (Å²) in [5.74, 6) is -0.639. The van der Waals surface area contributed by atoms with Crippen LogP contribution in [0.4, 0.5) is 5.69 Å². The van der Waals surface area contributed by atoms with Gasteiger partial charge in [0.1, 0.15) is 5.75 Å². The number of carbonyl (C=O) groups is 1. The van der Waals surface area contributed by atoms with E-state index in [2.05, 4.69) is 5.32 Å². The maximum atomic E-state index is 11.4. The van der Waals surface area contributed by atoms with E-state index in [1.165, 1.54) is 0 Å². The van der Waals surface area contributed by atoms with Crippen LogP contribution in [0.15, 0.2) is 18.2 Å². The Morgan fingerprint density at radius 1 is 1.60 bits per heavy atom. The Labute approximate surface area is 85.7 Å². The van der Waals surface area contributed by atoms with Gasteiger partial charge in [-0.15, -0.1) is 0 Å². The van der Waals surface area contributed by atoms with Gasteiger partial charge in [-0.1, -0.05) is 0 Å². The molecule has 0 heterocycles. The van der Waals surface area contributed by atoms with E-state index in [4.69, 9.17) is 0 Å². The molecule has 0 spiro atoms. The number of rotatable bonds is 4. The molecule has 0 unspecified atom stereocenters. The molecule has 1 aromatic carbocycles. The minimum absolute atomic E-state index is 0.0225. The molecule has 1 rings (SSSR count). The fraction of sp³-hybridized carbons (Fsp3) is 0.222. The van der Waals surface area contributed by atoms with Crippen molar-refractivity contribution >= 4 is 11.5 Å². The summed E-state index contributed by atoms with van der Waals surface area (Å²) < 4.78 is 0. The van der Waals surface area contributed by atoms with E-state index in [9.17, 15) is 20.0 Å². The molecule has 15 heavy (non-hydrogen) atoms. The van der Waals surface area contributed by atoms with Gasteiger partial charge in [-0.25, -0.2) is 0 Å². The van der Waals surface area contributed by atoms with Crippen molar-refractivity contribution in [3.8, 4) is 5.75 Å². The Balaban J connectivity index is 3.10. The first-order chi connectivity index (χ1) is 7.06. The van der Waals surface area contributed by atoms with Crippen LogP contribution in [0.2, 0.25) is 0 Å². The number of benzene rings is 1. The summed E-state index contributed by atoms with van der Waals surface area (Å²) in [6.45, 7) is 0.0225. The highest BCUT2D eigenvalue weighted by molar-refractivity contribution is 6.00. The van der Waals surface area contributed by atoms with Gasteiger partial charge < -0.3 is 10.4 Å². The zero-order valence-electron chi connectivity index (χ0n) is 8.06. The predicted molar refractivity (Wildman–Crippen MR) is 53.0 cm³/mol. The summed E-state index contributed by atoms with van der Waals surface area (Å²) >= 11 is 0. The van der Waals surface area contributed by atoms with Crippen LogP contribution in [0.25, 0.3) is 0 Å². The van der Waals surface area contributed by atoms with Crippen LogP contribution in [-0.4, -0.2) is 29.4 Å². The highest BCUT2D eigenvalue weighted by atomic mass is 16.6. The van der Waals surface area contributed by atoms with Gasteiger partial charge in [0.25, 0.3) is 5.69 Å². The number of likely N-dealkylation sites (N-methyl/N-ethyl adjacent to an activating group) is 1. The van der Waals surface area contributed by atoms with Gasteiger partial charge in [0.15, 0.2) is 5.78 Å². The van der Waals surface area contributed by atoms with Crippen molar-refractivity contribution in [1.82, 2.24) is 5.32 Å². The average Bonchev–Trinajstić information content (AvgIpc) is 2.18. The van der Waals surface area contributed by atoms with E-state index in [-0.39, 0.29) is 23.5 Å². The van der Waals surface area contributed by atoms with Crippen molar-refractivity contribution in [3.63, 3.8) is 0 Å². The number of nitrogens with one attached hydrogen (secondary N) is 1. The second-order valence-corrected chi connectivity index (χ2v) is 2.91. The quantitative estimate of drug-likeness (QED) is 0.433. The maximum absolute atomic E-state index is 11.4. The Bertz CT molecular complexity index is 403. The van der Waals surface area contributed by atoms with Gasteiger partial charge in [0.05, 0.1) is 17.0 Å². The van der Waals surface area contributed by atoms with Gasteiger partial charge in [-0.2, -0.15) is 0 Å². The molecule has 0 aliphatic heterocycles. The molecule has 0 radical (unpaired) electrons. The molecule has 6 heteroatoms. The third-order valence-corrected chi connectivity index (χ3v) is 1.83. The maximum Gasteiger partial charge on any atom is 0.270 e. The zero-order valence-corrected chi connectivity index (χ0v) is 8.06. The van der Waals surface area contributed by atoms with Gasteiger partial charge >= 0.3 is 0 Å². The largest absolute Gasteiger partial charge is 0.507 e. The number of Topliss-reactive ketones (excluding diaryl/α,β-unsaturated/α-hetero) is 1. The third-order valence-electron chi connectivity index (χ3n) is 1.83. The number of non-ortho nitro benzene ring substituents is 1. The normalized spacial score (nSPS) is 9.93. The first-order valence-corrected chi connectivity index (χ1v) is 4.21. The lowest BCUT2D eigenvalue weighted by atomic mass is 10.1. The van der Waals surface area contributed by atoms with Crippen LogP contribution in [0.3, 0.4) is 0 Å². The lowest BCUT2D eigenvalue weighted by Gasteiger charge is -2.02. The average molecular weight is 210 g/mol. The van der Waals surface area contributed by atoms with Crippen molar-refractivity contribution < 1.29 is 14.8 Å². The summed E-state index contributed by atoms with van der Waals surface area (Å²) in [6.07, 6.45) is 0. The van der Waals surface area contributed by atoms with E-state index in [0.717, 1.165) is 18.2 Å². The highest BCUT2D eigenvalue weighted by Gasteiger charge is 2.15. The molecule has 0 fully saturated rings. The fourth-order valence-corrected chi connectivity index (χ4v) is 1.12. The summed E-state index contributed by atoms with van der Waals surface area (Å²) in [4.78, 5) is 21.2. The predicted octanol–water partition coefficient (Wildman–Crippen LogP) is 0.702. The molecule has 0 atom stereocenters. The third kappa shape index (κ3) is 2.50. The fourth-order valence-electron chi connectivity index (χ4n) is 1.12. The van der Waals surface area contributed by atoms with Gasteiger partial charge in [0, 0.05) is 12.1 Å². The Hall–Kier alpha value is -1.95. The number of nitro groups is 1. The smallest absolute Gasteiger partial charge is 0.270 e. The molecule has 80 valence electrons. The molecule has 0 saturated carbocycles. The number of hydrogen-bond donors (Lipinski definition) is 2. The van der Waals surface area contributed by atoms with Crippen LogP contribution in [-0.2, 0) is 0 Å². The van der Waals surface area contributed by atoms with E-state index in [1.54, 1.807) is 7.05 Å². The molecular formula is C9H10N2O4. The van der Waals surface area contributed by atoms with Crippen molar-refractivity contribution in [2.24, 2.45) is 0 Å².